The van der Waals surface area contributed by atoms with Gasteiger partial charge in [0.05, 0.1) is 0 Å². The lowest BCUT2D eigenvalue weighted by Gasteiger charge is -2.16. The minimum atomic E-state index is 0.664. The number of hydrogen-bond donors (Lipinski definition) is 0. The summed E-state index contributed by atoms with van der Waals surface area (Å²) in [6.07, 6.45) is 5.79. The summed E-state index contributed by atoms with van der Waals surface area (Å²) in [6.45, 7) is 2.35. The maximum Gasteiger partial charge on any atom is 0.133 e. The third kappa shape index (κ3) is 1.41. The van der Waals surface area contributed by atoms with E-state index in [0.717, 1.165) is 17.0 Å². The third-order valence-electron chi connectivity index (χ3n) is 3.34. The molecular formula is C10H12BrN3. The molecular weight excluding hydrogens is 242 g/mol. The van der Waals surface area contributed by atoms with Gasteiger partial charge in [-0.2, -0.15) is 0 Å². The van der Waals surface area contributed by atoms with Crippen molar-refractivity contribution in [3.8, 4) is 0 Å². The molecule has 2 fully saturated rings. The smallest absolute Gasteiger partial charge is 0.133 e. The Labute approximate surface area is 91.7 Å². The lowest BCUT2D eigenvalue weighted by Crippen LogP contribution is -2.21. The first kappa shape index (κ1) is 8.65. The van der Waals surface area contributed by atoms with Crippen LogP contribution in [0.25, 0.3) is 0 Å². The fourth-order valence-corrected chi connectivity index (χ4v) is 2.51. The van der Waals surface area contributed by atoms with Gasteiger partial charge in [-0.3, -0.25) is 0 Å². The summed E-state index contributed by atoms with van der Waals surface area (Å²) in [4.78, 5) is 10.7. The van der Waals surface area contributed by atoms with Gasteiger partial charge in [-0.05, 0) is 40.6 Å². The van der Waals surface area contributed by atoms with Gasteiger partial charge >= 0.3 is 0 Å². The van der Waals surface area contributed by atoms with Gasteiger partial charge in [0.15, 0.2) is 0 Å². The maximum atomic E-state index is 4.30. The molecule has 0 radical (unpaired) electrons. The average molecular weight is 254 g/mol. The second kappa shape index (κ2) is 2.92. The number of rotatable bonds is 1. The highest BCUT2D eigenvalue weighted by atomic mass is 79.9. The Kier molecular flexibility index (Phi) is 1.81. The fourth-order valence-electron chi connectivity index (χ4n) is 2.21. The largest absolute Gasteiger partial charge is 0.356 e. The van der Waals surface area contributed by atoms with Crippen molar-refractivity contribution in [1.82, 2.24) is 9.97 Å². The van der Waals surface area contributed by atoms with E-state index >= 15 is 0 Å². The SMILES string of the molecule is Brc1cc(N2CCC3(CC3)C2)ncn1. The van der Waals surface area contributed by atoms with E-state index in [1.807, 2.05) is 6.07 Å². The Morgan fingerprint density at radius 1 is 1.29 bits per heavy atom. The molecule has 2 aliphatic rings. The first-order valence-electron chi connectivity index (χ1n) is 5.00. The van der Waals surface area contributed by atoms with Gasteiger partial charge < -0.3 is 4.90 Å². The monoisotopic (exact) mass is 253 g/mol. The molecule has 2 heterocycles. The molecule has 1 saturated carbocycles. The molecule has 74 valence electrons. The van der Waals surface area contributed by atoms with E-state index in [1.165, 1.54) is 25.8 Å². The third-order valence-corrected chi connectivity index (χ3v) is 3.77. The molecule has 0 aromatic carbocycles. The molecule has 0 unspecified atom stereocenters. The van der Waals surface area contributed by atoms with Crippen LogP contribution in [0.1, 0.15) is 19.3 Å². The van der Waals surface area contributed by atoms with Gasteiger partial charge in [0, 0.05) is 19.2 Å². The summed E-state index contributed by atoms with van der Waals surface area (Å²) in [7, 11) is 0. The summed E-state index contributed by atoms with van der Waals surface area (Å²) in [6, 6.07) is 2.00. The molecule has 0 atom stereocenters. The summed E-state index contributed by atoms with van der Waals surface area (Å²) >= 11 is 3.38. The number of hydrogen-bond acceptors (Lipinski definition) is 3. The molecule has 3 nitrogen and oxygen atoms in total. The number of nitrogens with zero attached hydrogens (tertiary/aromatic N) is 3. The molecule has 14 heavy (non-hydrogen) atoms. The Balaban J connectivity index is 1.82. The van der Waals surface area contributed by atoms with Gasteiger partial charge in [-0.25, -0.2) is 9.97 Å². The van der Waals surface area contributed by atoms with Crippen molar-refractivity contribution in [2.75, 3.05) is 18.0 Å². The molecule has 3 rings (SSSR count). The second-order valence-corrected chi connectivity index (χ2v) is 5.18. The summed E-state index contributed by atoms with van der Waals surface area (Å²) < 4.78 is 0.874. The van der Waals surface area contributed by atoms with E-state index in [1.54, 1.807) is 6.33 Å². The highest BCUT2D eigenvalue weighted by molar-refractivity contribution is 9.10. The normalized spacial score (nSPS) is 23.1. The topological polar surface area (TPSA) is 29.0 Å². The van der Waals surface area contributed by atoms with E-state index in [-0.39, 0.29) is 0 Å². The van der Waals surface area contributed by atoms with Crippen LogP contribution < -0.4 is 4.90 Å². The highest BCUT2D eigenvalue weighted by Gasteiger charge is 2.47. The predicted octanol–water partition coefficient (Wildman–Crippen LogP) is 2.23. The zero-order chi connectivity index (χ0) is 9.60. The average Bonchev–Trinajstić information content (AvgIpc) is 2.76. The summed E-state index contributed by atoms with van der Waals surface area (Å²) in [5.41, 5.74) is 0.664. The van der Waals surface area contributed by atoms with E-state index in [9.17, 15) is 0 Å². The zero-order valence-corrected chi connectivity index (χ0v) is 9.50. The summed E-state index contributed by atoms with van der Waals surface area (Å²) in [5, 5.41) is 0. The highest BCUT2D eigenvalue weighted by Crippen LogP contribution is 2.53. The first-order chi connectivity index (χ1) is 6.77. The molecule has 4 heteroatoms. The van der Waals surface area contributed by atoms with Crippen LogP contribution >= 0.6 is 15.9 Å². The number of aromatic nitrogens is 2. The van der Waals surface area contributed by atoms with E-state index < -0.39 is 0 Å². The maximum absolute atomic E-state index is 4.30. The second-order valence-electron chi connectivity index (χ2n) is 4.37. The number of anilines is 1. The molecule has 0 bridgehead atoms. The van der Waals surface area contributed by atoms with Crippen molar-refractivity contribution in [3.63, 3.8) is 0 Å². The molecule has 1 aliphatic heterocycles. The summed E-state index contributed by atoms with van der Waals surface area (Å²) in [5.74, 6) is 1.07. The minimum Gasteiger partial charge on any atom is -0.356 e. The van der Waals surface area contributed by atoms with Crippen molar-refractivity contribution >= 4 is 21.7 Å². The van der Waals surface area contributed by atoms with Gasteiger partial charge in [0.1, 0.15) is 16.7 Å². The lowest BCUT2D eigenvalue weighted by molar-refractivity contribution is 0.580. The van der Waals surface area contributed by atoms with Crippen LogP contribution in [0.2, 0.25) is 0 Å². The Morgan fingerprint density at radius 3 is 2.79 bits per heavy atom. The zero-order valence-electron chi connectivity index (χ0n) is 7.91. The van der Waals surface area contributed by atoms with Crippen molar-refractivity contribution in [2.45, 2.75) is 19.3 Å². The lowest BCUT2D eigenvalue weighted by atomic mass is 10.1. The van der Waals surface area contributed by atoms with Crippen LogP contribution in [0.15, 0.2) is 17.0 Å². The van der Waals surface area contributed by atoms with Crippen LogP contribution in [0, 0.1) is 5.41 Å². The molecule has 1 saturated heterocycles. The van der Waals surface area contributed by atoms with Gasteiger partial charge in [0.2, 0.25) is 0 Å². The Morgan fingerprint density at radius 2 is 2.14 bits per heavy atom. The van der Waals surface area contributed by atoms with E-state index in [2.05, 4.69) is 30.8 Å². The van der Waals surface area contributed by atoms with E-state index in [0.29, 0.717) is 5.41 Å². The van der Waals surface area contributed by atoms with Crippen LogP contribution in [-0.4, -0.2) is 23.1 Å². The number of halogens is 1. The van der Waals surface area contributed by atoms with Crippen LogP contribution in [0.3, 0.4) is 0 Å². The Bertz CT molecular complexity index is 362. The van der Waals surface area contributed by atoms with Crippen LogP contribution in [-0.2, 0) is 0 Å². The van der Waals surface area contributed by atoms with Crippen molar-refractivity contribution in [1.29, 1.82) is 0 Å². The predicted molar refractivity (Wildman–Crippen MR) is 58.2 cm³/mol. The minimum absolute atomic E-state index is 0.664. The molecule has 1 aromatic heterocycles. The van der Waals surface area contributed by atoms with Gasteiger partial charge in [-0.15, -0.1) is 0 Å². The van der Waals surface area contributed by atoms with Crippen molar-refractivity contribution in [3.05, 3.63) is 17.0 Å². The molecule has 1 aromatic rings. The molecule has 1 spiro atoms. The standard InChI is InChI=1S/C10H12BrN3/c11-8-5-9(13-7-12-8)14-4-3-10(6-14)1-2-10/h5,7H,1-4,6H2. The van der Waals surface area contributed by atoms with Gasteiger partial charge in [0.25, 0.3) is 0 Å². The first-order valence-corrected chi connectivity index (χ1v) is 5.79. The molecule has 1 aliphatic carbocycles. The van der Waals surface area contributed by atoms with Gasteiger partial charge in [-0.1, -0.05) is 0 Å². The van der Waals surface area contributed by atoms with Crippen LogP contribution in [0.4, 0.5) is 5.82 Å². The fraction of sp³-hybridized carbons (Fsp3) is 0.600. The molecule has 0 N–H and O–H groups in total. The Hall–Kier alpha value is -0.640. The van der Waals surface area contributed by atoms with E-state index in [4.69, 9.17) is 0 Å². The van der Waals surface area contributed by atoms with Crippen LogP contribution in [0.5, 0.6) is 0 Å². The van der Waals surface area contributed by atoms with Crippen molar-refractivity contribution in [2.24, 2.45) is 5.41 Å². The van der Waals surface area contributed by atoms with Crippen molar-refractivity contribution < 1.29 is 0 Å². The molecule has 0 amide bonds. The quantitative estimate of drug-likeness (QED) is 0.719.